The van der Waals surface area contributed by atoms with E-state index >= 15 is 0 Å². The van der Waals surface area contributed by atoms with E-state index in [1.54, 1.807) is 0 Å². The summed E-state index contributed by atoms with van der Waals surface area (Å²) in [6.07, 6.45) is 2.95. The lowest BCUT2D eigenvalue weighted by Gasteiger charge is -2.02. The number of aromatic nitrogens is 1. The van der Waals surface area contributed by atoms with E-state index in [4.69, 9.17) is 16.3 Å². The van der Waals surface area contributed by atoms with Gasteiger partial charge >= 0.3 is 5.97 Å². The van der Waals surface area contributed by atoms with Gasteiger partial charge in [-0.25, -0.2) is 4.79 Å². The average Bonchev–Trinajstić information content (AvgIpc) is 2.79. The van der Waals surface area contributed by atoms with Crippen LogP contribution in [-0.2, 0) is 11.2 Å². The quantitative estimate of drug-likeness (QED) is 0.850. The van der Waals surface area contributed by atoms with Gasteiger partial charge in [0.25, 0.3) is 0 Å². The molecule has 0 unspecified atom stereocenters. The third-order valence-electron chi connectivity index (χ3n) is 3.42. The molecule has 2 aromatic rings. The van der Waals surface area contributed by atoms with Crippen molar-refractivity contribution in [1.82, 2.24) is 4.98 Å². The molecule has 0 saturated heterocycles. The van der Waals surface area contributed by atoms with Crippen molar-refractivity contribution >= 4 is 28.5 Å². The first-order chi connectivity index (χ1) is 9.10. The Morgan fingerprint density at radius 1 is 1.42 bits per heavy atom. The molecule has 1 aromatic carbocycles. The zero-order chi connectivity index (χ0) is 14.0. The highest BCUT2D eigenvalue weighted by Crippen LogP contribution is 2.30. The van der Waals surface area contributed by atoms with Crippen molar-refractivity contribution < 1.29 is 9.53 Å². The number of aromatic amines is 1. The molecule has 0 aliphatic rings. The third-order valence-corrected chi connectivity index (χ3v) is 3.83. The minimum Gasteiger partial charge on any atom is -0.465 e. The van der Waals surface area contributed by atoms with E-state index in [9.17, 15) is 4.79 Å². The second-order valence-electron chi connectivity index (χ2n) is 4.67. The Labute approximate surface area is 117 Å². The maximum Gasteiger partial charge on any atom is 0.340 e. The summed E-state index contributed by atoms with van der Waals surface area (Å²) < 4.78 is 4.90. The van der Waals surface area contributed by atoms with Gasteiger partial charge in [-0.3, -0.25) is 0 Å². The number of aryl methyl sites for hydroxylation is 2. The maximum atomic E-state index is 12.0. The fourth-order valence-corrected chi connectivity index (χ4v) is 2.47. The number of carbonyl (C=O) groups excluding carboxylic acids is 1. The lowest BCUT2D eigenvalue weighted by Crippen LogP contribution is -2.04. The summed E-state index contributed by atoms with van der Waals surface area (Å²) >= 11 is 6.13. The lowest BCUT2D eigenvalue weighted by molar-refractivity contribution is 0.0601. The van der Waals surface area contributed by atoms with E-state index in [0.717, 1.165) is 41.4 Å². The highest BCUT2D eigenvalue weighted by Gasteiger charge is 2.20. The molecule has 19 heavy (non-hydrogen) atoms. The number of methoxy groups -OCH3 is 1. The highest BCUT2D eigenvalue weighted by molar-refractivity contribution is 6.32. The van der Waals surface area contributed by atoms with Crippen molar-refractivity contribution in [2.24, 2.45) is 0 Å². The first kappa shape index (κ1) is 13.9. The van der Waals surface area contributed by atoms with Crippen LogP contribution in [0.1, 0.15) is 41.4 Å². The molecule has 1 N–H and O–H groups in total. The van der Waals surface area contributed by atoms with Gasteiger partial charge in [-0.15, -0.1) is 0 Å². The standard InChI is InChI=1S/C15H18ClNO2/c1-4-5-6-12-13(15(18)19-3)10-7-8-11(16)9(2)14(10)17-12/h7-8,17H,4-6H2,1-3H3. The van der Waals surface area contributed by atoms with Crippen LogP contribution in [-0.4, -0.2) is 18.1 Å². The molecule has 0 aliphatic heterocycles. The van der Waals surface area contributed by atoms with E-state index in [2.05, 4.69) is 11.9 Å². The Kier molecular flexibility index (Phi) is 4.15. The third kappa shape index (κ3) is 2.47. The molecular formula is C15H18ClNO2. The van der Waals surface area contributed by atoms with E-state index in [0.29, 0.717) is 10.6 Å². The number of benzene rings is 1. The van der Waals surface area contributed by atoms with Gasteiger partial charge in [-0.05, 0) is 31.4 Å². The molecule has 0 fully saturated rings. The van der Waals surface area contributed by atoms with Crippen molar-refractivity contribution in [1.29, 1.82) is 0 Å². The molecule has 1 aromatic heterocycles. The summed E-state index contributed by atoms with van der Waals surface area (Å²) in [4.78, 5) is 15.3. The van der Waals surface area contributed by atoms with Crippen LogP contribution >= 0.6 is 11.6 Å². The topological polar surface area (TPSA) is 42.1 Å². The van der Waals surface area contributed by atoms with Crippen LogP contribution in [0.25, 0.3) is 10.9 Å². The Balaban J connectivity index is 2.65. The highest BCUT2D eigenvalue weighted by atomic mass is 35.5. The van der Waals surface area contributed by atoms with Crippen LogP contribution in [0.4, 0.5) is 0 Å². The first-order valence-electron chi connectivity index (χ1n) is 6.48. The van der Waals surface area contributed by atoms with E-state index in [-0.39, 0.29) is 5.97 Å². The molecule has 0 atom stereocenters. The number of rotatable bonds is 4. The molecule has 0 aliphatic carbocycles. The number of unbranched alkanes of at least 4 members (excludes halogenated alkanes) is 1. The van der Waals surface area contributed by atoms with Gasteiger partial charge in [0.1, 0.15) is 0 Å². The predicted octanol–water partition coefficient (Wildman–Crippen LogP) is 4.26. The molecule has 0 saturated carbocycles. The fourth-order valence-electron chi connectivity index (χ4n) is 2.31. The Hall–Kier alpha value is -1.48. The number of nitrogens with one attached hydrogen (secondary N) is 1. The van der Waals surface area contributed by atoms with Crippen molar-refractivity contribution in [2.75, 3.05) is 7.11 Å². The monoisotopic (exact) mass is 279 g/mol. The fraction of sp³-hybridized carbons (Fsp3) is 0.400. The Morgan fingerprint density at radius 3 is 2.79 bits per heavy atom. The smallest absolute Gasteiger partial charge is 0.340 e. The summed E-state index contributed by atoms with van der Waals surface area (Å²) in [5.41, 5.74) is 3.48. The molecule has 2 rings (SSSR count). The molecule has 4 heteroatoms. The molecule has 0 bridgehead atoms. The number of esters is 1. The summed E-state index contributed by atoms with van der Waals surface area (Å²) in [5, 5.41) is 1.59. The van der Waals surface area contributed by atoms with Gasteiger partial charge in [-0.1, -0.05) is 31.0 Å². The zero-order valence-corrected chi connectivity index (χ0v) is 12.2. The number of hydrogen-bond donors (Lipinski definition) is 1. The average molecular weight is 280 g/mol. The van der Waals surface area contributed by atoms with Gasteiger partial charge in [0.2, 0.25) is 0 Å². The molecule has 102 valence electrons. The summed E-state index contributed by atoms with van der Waals surface area (Å²) in [6, 6.07) is 3.70. The number of fused-ring (bicyclic) bond motifs is 1. The van der Waals surface area contributed by atoms with Crippen LogP contribution in [0.3, 0.4) is 0 Å². The van der Waals surface area contributed by atoms with Crippen LogP contribution in [0.15, 0.2) is 12.1 Å². The summed E-state index contributed by atoms with van der Waals surface area (Å²) in [7, 11) is 1.41. The maximum absolute atomic E-state index is 12.0. The van der Waals surface area contributed by atoms with E-state index in [1.165, 1.54) is 7.11 Å². The van der Waals surface area contributed by atoms with Crippen LogP contribution in [0.2, 0.25) is 5.02 Å². The number of H-pyrrole nitrogens is 1. The van der Waals surface area contributed by atoms with Crippen LogP contribution < -0.4 is 0 Å². The van der Waals surface area contributed by atoms with E-state index < -0.39 is 0 Å². The second kappa shape index (κ2) is 5.66. The Bertz CT molecular complexity index is 616. The van der Waals surface area contributed by atoms with Gasteiger partial charge in [0, 0.05) is 16.1 Å². The van der Waals surface area contributed by atoms with Gasteiger partial charge < -0.3 is 9.72 Å². The van der Waals surface area contributed by atoms with Gasteiger partial charge in [0.05, 0.1) is 18.2 Å². The number of carbonyl (C=O) groups is 1. The minimum absolute atomic E-state index is 0.293. The van der Waals surface area contributed by atoms with Crippen molar-refractivity contribution in [3.63, 3.8) is 0 Å². The Morgan fingerprint density at radius 2 is 2.16 bits per heavy atom. The number of ether oxygens (including phenoxy) is 1. The predicted molar refractivity (Wildman–Crippen MR) is 78.0 cm³/mol. The molecular weight excluding hydrogens is 262 g/mol. The SMILES string of the molecule is CCCCc1[nH]c2c(C)c(Cl)ccc2c1C(=O)OC. The second-order valence-corrected chi connectivity index (χ2v) is 5.08. The zero-order valence-electron chi connectivity index (χ0n) is 11.5. The van der Waals surface area contributed by atoms with Gasteiger partial charge in [0.15, 0.2) is 0 Å². The largest absolute Gasteiger partial charge is 0.465 e. The summed E-state index contributed by atoms with van der Waals surface area (Å²) in [6.45, 7) is 4.08. The molecule has 3 nitrogen and oxygen atoms in total. The number of halogens is 1. The van der Waals surface area contributed by atoms with Crippen LogP contribution in [0.5, 0.6) is 0 Å². The molecule has 0 amide bonds. The summed E-state index contributed by atoms with van der Waals surface area (Å²) in [5.74, 6) is -0.293. The molecule has 1 heterocycles. The number of hydrogen-bond acceptors (Lipinski definition) is 2. The van der Waals surface area contributed by atoms with Crippen LogP contribution in [0, 0.1) is 6.92 Å². The first-order valence-corrected chi connectivity index (χ1v) is 6.85. The van der Waals surface area contributed by atoms with Crippen molar-refractivity contribution in [3.05, 3.63) is 34.0 Å². The van der Waals surface area contributed by atoms with E-state index in [1.807, 2.05) is 19.1 Å². The normalized spacial score (nSPS) is 10.9. The van der Waals surface area contributed by atoms with Crippen molar-refractivity contribution in [2.45, 2.75) is 33.1 Å². The minimum atomic E-state index is -0.293. The van der Waals surface area contributed by atoms with Gasteiger partial charge in [-0.2, -0.15) is 0 Å². The molecule has 0 radical (unpaired) electrons. The lowest BCUT2D eigenvalue weighted by atomic mass is 10.1. The molecule has 0 spiro atoms. The van der Waals surface area contributed by atoms with Crippen molar-refractivity contribution in [3.8, 4) is 0 Å².